The number of morpholine rings is 1. The van der Waals surface area contributed by atoms with Gasteiger partial charge in [-0.15, -0.1) is 0 Å². The summed E-state index contributed by atoms with van der Waals surface area (Å²) in [7, 11) is 0. The van der Waals surface area contributed by atoms with E-state index in [-0.39, 0.29) is 11.6 Å². The van der Waals surface area contributed by atoms with Gasteiger partial charge in [-0.05, 0) is 39.3 Å². The van der Waals surface area contributed by atoms with E-state index in [0.717, 1.165) is 49.4 Å². The van der Waals surface area contributed by atoms with E-state index in [2.05, 4.69) is 49.3 Å². The fourth-order valence-electron chi connectivity index (χ4n) is 2.89. The highest BCUT2D eigenvalue weighted by Crippen LogP contribution is 2.28. The fourth-order valence-corrected chi connectivity index (χ4v) is 3.15. The van der Waals surface area contributed by atoms with Gasteiger partial charge in [-0.2, -0.15) is 0 Å². The van der Waals surface area contributed by atoms with Gasteiger partial charge in [0.05, 0.1) is 25.8 Å². The number of hydrogen-bond donors (Lipinski definition) is 2. The summed E-state index contributed by atoms with van der Waals surface area (Å²) in [6.07, 6.45) is 0. The molecule has 0 bridgehead atoms. The Bertz CT molecular complexity index is 565. The topological polar surface area (TPSA) is 48.9 Å². The number of halogens is 1. The number of rotatable bonds is 5. The van der Waals surface area contributed by atoms with Crippen LogP contribution in [-0.2, 0) is 4.74 Å². The summed E-state index contributed by atoms with van der Waals surface area (Å²) in [6, 6.07) is 8.20. The Balaban J connectivity index is 2.22. The first-order chi connectivity index (χ1) is 11.9. The highest BCUT2D eigenvalue weighted by Gasteiger charge is 2.24. The predicted octanol–water partition coefficient (Wildman–Crippen LogP) is 3.07. The van der Waals surface area contributed by atoms with Crippen molar-refractivity contribution in [2.24, 2.45) is 4.99 Å². The zero-order valence-electron chi connectivity index (χ0n) is 15.8. The van der Waals surface area contributed by atoms with Crippen molar-refractivity contribution in [1.82, 2.24) is 15.5 Å². The monoisotopic (exact) mass is 366 g/mol. The lowest BCUT2D eigenvalue weighted by molar-refractivity contribution is 0.0180. The normalized spacial score (nSPS) is 18.0. The minimum absolute atomic E-state index is 0.0418. The van der Waals surface area contributed by atoms with E-state index in [1.807, 2.05) is 18.2 Å². The molecular formula is C19H31ClN4O. The van der Waals surface area contributed by atoms with Crippen LogP contribution in [-0.4, -0.2) is 55.8 Å². The van der Waals surface area contributed by atoms with Crippen LogP contribution in [0.15, 0.2) is 29.3 Å². The molecule has 0 radical (unpaired) electrons. The van der Waals surface area contributed by atoms with Crippen molar-refractivity contribution >= 4 is 17.6 Å². The van der Waals surface area contributed by atoms with Crippen molar-refractivity contribution in [1.29, 1.82) is 0 Å². The molecule has 0 aliphatic carbocycles. The Labute approximate surface area is 156 Å². The van der Waals surface area contributed by atoms with Gasteiger partial charge in [0, 0.05) is 30.2 Å². The van der Waals surface area contributed by atoms with Gasteiger partial charge in [0.1, 0.15) is 0 Å². The lowest BCUT2D eigenvalue weighted by Gasteiger charge is -2.34. The largest absolute Gasteiger partial charge is 0.379 e. The van der Waals surface area contributed by atoms with Gasteiger partial charge < -0.3 is 15.4 Å². The van der Waals surface area contributed by atoms with E-state index in [0.29, 0.717) is 6.54 Å². The Morgan fingerprint density at radius 2 is 1.96 bits per heavy atom. The molecule has 1 saturated heterocycles. The van der Waals surface area contributed by atoms with Crippen LogP contribution in [0.25, 0.3) is 0 Å². The minimum Gasteiger partial charge on any atom is -0.379 e. The molecule has 0 saturated carbocycles. The van der Waals surface area contributed by atoms with Gasteiger partial charge in [-0.25, -0.2) is 0 Å². The lowest BCUT2D eigenvalue weighted by atomic mass is 10.0. The summed E-state index contributed by atoms with van der Waals surface area (Å²) in [4.78, 5) is 7.26. The average molecular weight is 367 g/mol. The van der Waals surface area contributed by atoms with Crippen molar-refractivity contribution in [3.8, 4) is 0 Å². The van der Waals surface area contributed by atoms with Gasteiger partial charge >= 0.3 is 0 Å². The summed E-state index contributed by atoms with van der Waals surface area (Å²) < 4.78 is 5.51. The molecule has 25 heavy (non-hydrogen) atoms. The van der Waals surface area contributed by atoms with Crippen LogP contribution in [0.2, 0.25) is 5.02 Å². The molecule has 1 unspecified atom stereocenters. The van der Waals surface area contributed by atoms with Crippen LogP contribution >= 0.6 is 11.6 Å². The van der Waals surface area contributed by atoms with Gasteiger partial charge in [-0.3, -0.25) is 9.89 Å². The molecule has 1 fully saturated rings. The summed E-state index contributed by atoms with van der Waals surface area (Å²) >= 11 is 6.48. The maximum Gasteiger partial charge on any atom is 0.191 e. The Morgan fingerprint density at radius 1 is 1.28 bits per heavy atom. The predicted molar refractivity (Wildman–Crippen MR) is 105 cm³/mol. The number of hydrogen-bond acceptors (Lipinski definition) is 3. The van der Waals surface area contributed by atoms with E-state index in [1.165, 1.54) is 0 Å². The summed E-state index contributed by atoms with van der Waals surface area (Å²) in [5.74, 6) is 0.834. The summed E-state index contributed by atoms with van der Waals surface area (Å²) in [6.45, 7) is 13.3. The smallest absolute Gasteiger partial charge is 0.191 e. The van der Waals surface area contributed by atoms with E-state index in [9.17, 15) is 0 Å². The number of ether oxygens (including phenoxy) is 1. The molecule has 0 amide bonds. The van der Waals surface area contributed by atoms with Gasteiger partial charge in [0.2, 0.25) is 0 Å². The van der Waals surface area contributed by atoms with Gasteiger partial charge in [-0.1, -0.05) is 29.8 Å². The van der Waals surface area contributed by atoms with Gasteiger partial charge in [0.15, 0.2) is 5.96 Å². The summed E-state index contributed by atoms with van der Waals surface area (Å²) in [5.41, 5.74) is 1.08. The molecule has 0 aromatic heterocycles. The lowest BCUT2D eigenvalue weighted by Crippen LogP contribution is -2.48. The van der Waals surface area contributed by atoms with Crippen LogP contribution in [0.4, 0.5) is 0 Å². The van der Waals surface area contributed by atoms with Crippen molar-refractivity contribution in [3.63, 3.8) is 0 Å². The second-order valence-electron chi connectivity index (χ2n) is 7.28. The van der Waals surface area contributed by atoms with Crippen LogP contribution in [0.3, 0.4) is 0 Å². The number of benzene rings is 1. The first-order valence-electron chi connectivity index (χ1n) is 9.03. The molecule has 2 rings (SSSR count). The Hall–Kier alpha value is -1.30. The van der Waals surface area contributed by atoms with Crippen molar-refractivity contribution in [3.05, 3.63) is 34.9 Å². The third-order valence-electron chi connectivity index (χ3n) is 4.01. The molecule has 2 N–H and O–H groups in total. The number of aliphatic imine (C=N–C) groups is 1. The van der Waals surface area contributed by atoms with Crippen molar-refractivity contribution < 1.29 is 4.74 Å². The molecule has 1 aromatic carbocycles. The van der Waals surface area contributed by atoms with Crippen molar-refractivity contribution in [2.45, 2.75) is 39.3 Å². The third-order valence-corrected chi connectivity index (χ3v) is 4.35. The average Bonchev–Trinajstić information content (AvgIpc) is 2.56. The molecule has 1 heterocycles. The molecule has 1 aliphatic heterocycles. The van der Waals surface area contributed by atoms with Crippen LogP contribution in [0, 0.1) is 0 Å². The fraction of sp³-hybridized carbons (Fsp3) is 0.632. The molecular weight excluding hydrogens is 336 g/mol. The second kappa shape index (κ2) is 9.41. The van der Waals surface area contributed by atoms with E-state index < -0.39 is 0 Å². The molecule has 6 heteroatoms. The maximum absolute atomic E-state index is 6.48. The molecule has 0 spiro atoms. The minimum atomic E-state index is -0.0418. The molecule has 140 valence electrons. The zero-order valence-corrected chi connectivity index (χ0v) is 16.6. The number of nitrogens with one attached hydrogen (secondary N) is 2. The summed E-state index contributed by atoms with van der Waals surface area (Å²) in [5, 5.41) is 7.56. The van der Waals surface area contributed by atoms with E-state index in [4.69, 9.17) is 21.3 Å². The second-order valence-corrected chi connectivity index (χ2v) is 7.69. The quantitative estimate of drug-likeness (QED) is 0.621. The standard InChI is InChI=1S/C19H31ClN4O/c1-5-21-18(23-19(2,3)4)22-14-17(24-10-12-25-13-11-24)15-8-6-7-9-16(15)20/h6-9,17H,5,10-14H2,1-4H3,(H2,21,22,23). The third kappa shape index (κ3) is 6.49. The first-order valence-corrected chi connectivity index (χ1v) is 9.41. The molecule has 1 atom stereocenters. The van der Waals surface area contributed by atoms with E-state index >= 15 is 0 Å². The Morgan fingerprint density at radius 3 is 2.56 bits per heavy atom. The Kier molecular flexibility index (Phi) is 7.54. The van der Waals surface area contributed by atoms with Crippen molar-refractivity contribution in [2.75, 3.05) is 39.4 Å². The van der Waals surface area contributed by atoms with Crippen LogP contribution < -0.4 is 10.6 Å². The highest BCUT2D eigenvalue weighted by atomic mass is 35.5. The van der Waals surface area contributed by atoms with Crippen LogP contribution in [0.5, 0.6) is 0 Å². The molecule has 5 nitrogen and oxygen atoms in total. The SMILES string of the molecule is CCNC(=NCC(c1ccccc1Cl)N1CCOCC1)NC(C)(C)C. The highest BCUT2D eigenvalue weighted by molar-refractivity contribution is 6.31. The maximum atomic E-state index is 6.48. The molecule has 1 aromatic rings. The number of nitrogens with zero attached hydrogens (tertiary/aromatic N) is 2. The molecule has 1 aliphatic rings. The van der Waals surface area contributed by atoms with E-state index in [1.54, 1.807) is 0 Å². The van der Waals surface area contributed by atoms with Crippen LogP contribution in [0.1, 0.15) is 39.3 Å². The first kappa shape index (κ1) is 20.0. The van der Waals surface area contributed by atoms with Gasteiger partial charge in [0.25, 0.3) is 0 Å². The number of guanidine groups is 1. The zero-order chi connectivity index (χ0) is 18.3.